The van der Waals surface area contributed by atoms with Crippen LogP contribution in [0, 0.1) is 11.3 Å². The first-order valence-electron chi connectivity index (χ1n) is 10.7. The molecule has 4 aromatic rings. The van der Waals surface area contributed by atoms with Crippen LogP contribution < -0.4 is 10.0 Å². The molecule has 0 spiro atoms. The molecule has 176 valence electrons. The van der Waals surface area contributed by atoms with Crippen molar-refractivity contribution in [2.24, 2.45) is 0 Å². The maximum Gasteiger partial charge on any atom is 0.341 e. The number of fused-ring (bicyclic) bond motifs is 1. The van der Waals surface area contributed by atoms with Crippen molar-refractivity contribution >= 4 is 38.3 Å². The first-order chi connectivity index (χ1) is 16.9. The molecular weight excluding hydrogens is 466 g/mol. The maximum atomic E-state index is 12.7. The molecule has 0 aliphatic rings. The van der Waals surface area contributed by atoms with Gasteiger partial charge in [0.25, 0.3) is 0 Å². The normalized spacial score (nSPS) is 11.1. The fraction of sp³-hybridized carbons (Fsp3) is 0.120. The molecule has 35 heavy (non-hydrogen) atoms. The molecule has 0 bridgehead atoms. The molecule has 10 heteroatoms. The van der Waals surface area contributed by atoms with E-state index >= 15 is 0 Å². The van der Waals surface area contributed by atoms with Crippen LogP contribution >= 0.6 is 0 Å². The van der Waals surface area contributed by atoms with E-state index in [2.05, 4.69) is 26.1 Å². The van der Waals surface area contributed by atoms with Gasteiger partial charge in [0.2, 0.25) is 10.0 Å². The van der Waals surface area contributed by atoms with Gasteiger partial charge < -0.3 is 10.1 Å². The highest BCUT2D eigenvalue weighted by Gasteiger charge is 2.19. The van der Waals surface area contributed by atoms with E-state index in [9.17, 15) is 18.5 Å². The lowest BCUT2D eigenvalue weighted by Crippen LogP contribution is -2.23. The SMILES string of the molecule is CCOC(=O)c1cnc2c(C#N)cccc2c1Nc1ccc(S(=O)(=O)NCc2cccnc2)cc1. The van der Waals surface area contributed by atoms with Crippen LogP contribution in [0.15, 0.2) is 78.1 Å². The Labute approximate surface area is 202 Å². The van der Waals surface area contributed by atoms with Gasteiger partial charge in [-0.3, -0.25) is 9.97 Å². The Hall–Kier alpha value is -4.33. The minimum atomic E-state index is -3.75. The minimum absolute atomic E-state index is 0.0870. The maximum absolute atomic E-state index is 12.7. The van der Waals surface area contributed by atoms with Gasteiger partial charge >= 0.3 is 5.97 Å². The van der Waals surface area contributed by atoms with Crippen molar-refractivity contribution in [3.63, 3.8) is 0 Å². The Morgan fingerprint density at radius 3 is 2.57 bits per heavy atom. The topological polar surface area (TPSA) is 134 Å². The molecule has 0 atom stereocenters. The van der Waals surface area contributed by atoms with Crippen LogP contribution in [0.3, 0.4) is 0 Å². The van der Waals surface area contributed by atoms with Gasteiger partial charge in [-0.05, 0) is 48.9 Å². The summed E-state index contributed by atoms with van der Waals surface area (Å²) < 4.78 is 33.1. The van der Waals surface area contributed by atoms with Gasteiger partial charge in [-0.2, -0.15) is 5.26 Å². The van der Waals surface area contributed by atoms with E-state index in [1.165, 1.54) is 18.3 Å². The highest BCUT2D eigenvalue weighted by Crippen LogP contribution is 2.31. The molecule has 0 amide bonds. The summed E-state index contributed by atoms with van der Waals surface area (Å²) in [6, 6.07) is 16.8. The van der Waals surface area contributed by atoms with Crippen LogP contribution in [0.2, 0.25) is 0 Å². The minimum Gasteiger partial charge on any atom is -0.462 e. The molecule has 2 N–H and O–H groups in total. The fourth-order valence-electron chi connectivity index (χ4n) is 3.44. The predicted octanol–water partition coefficient (Wildman–Crippen LogP) is 3.90. The van der Waals surface area contributed by atoms with E-state index in [1.54, 1.807) is 61.8 Å². The number of rotatable bonds is 8. The number of nitrogens with zero attached hydrogens (tertiary/aromatic N) is 3. The van der Waals surface area contributed by atoms with Crippen LogP contribution in [0.1, 0.15) is 28.4 Å². The molecule has 0 aliphatic carbocycles. The lowest BCUT2D eigenvalue weighted by molar-refractivity contribution is 0.0527. The monoisotopic (exact) mass is 487 g/mol. The smallest absolute Gasteiger partial charge is 0.341 e. The van der Waals surface area contributed by atoms with Gasteiger partial charge in [-0.1, -0.05) is 18.2 Å². The summed E-state index contributed by atoms with van der Waals surface area (Å²) in [7, 11) is -3.75. The number of nitriles is 1. The third-order valence-corrected chi connectivity index (χ3v) is 6.55. The number of sulfonamides is 1. The van der Waals surface area contributed by atoms with E-state index in [1.807, 2.05) is 0 Å². The quantitative estimate of drug-likeness (QED) is 0.357. The van der Waals surface area contributed by atoms with Gasteiger partial charge in [0.1, 0.15) is 11.6 Å². The van der Waals surface area contributed by atoms with Crippen LogP contribution in [0.4, 0.5) is 11.4 Å². The van der Waals surface area contributed by atoms with Gasteiger partial charge in [-0.15, -0.1) is 0 Å². The number of aromatic nitrogens is 2. The summed E-state index contributed by atoms with van der Waals surface area (Å²) in [6.07, 6.45) is 4.57. The van der Waals surface area contributed by atoms with Gasteiger partial charge in [0, 0.05) is 36.2 Å². The Bertz CT molecular complexity index is 1520. The zero-order valence-corrected chi connectivity index (χ0v) is 19.5. The Kier molecular flexibility index (Phi) is 7.01. The fourth-order valence-corrected chi connectivity index (χ4v) is 4.46. The third kappa shape index (κ3) is 5.27. The Morgan fingerprint density at radius 2 is 1.89 bits per heavy atom. The summed E-state index contributed by atoms with van der Waals surface area (Å²) in [5.41, 5.74) is 2.69. The third-order valence-electron chi connectivity index (χ3n) is 5.14. The lowest BCUT2D eigenvalue weighted by Gasteiger charge is -2.15. The molecular formula is C25H21N5O4S. The van der Waals surface area contributed by atoms with Crippen molar-refractivity contribution in [2.75, 3.05) is 11.9 Å². The first kappa shape index (κ1) is 23.8. The number of ether oxygens (including phenoxy) is 1. The molecule has 0 saturated heterocycles. The number of hydrogen-bond acceptors (Lipinski definition) is 8. The number of esters is 1. The van der Waals surface area contributed by atoms with Crippen molar-refractivity contribution in [2.45, 2.75) is 18.4 Å². The van der Waals surface area contributed by atoms with Gasteiger partial charge in [0.05, 0.1) is 28.3 Å². The van der Waals surface area contributed by atoms with Crippen molar-refractivity contribution in [1.82, 2.24) is 14.7 Å². The molecule has 0 radical (unpaired) electrons. The molecule has 0 unspecified atom stereocenters. The lowest BCUT2D eigenvalue weighted by atomic mass is 10.1. The van der Waals surface area contributed by atoms with E-state index in [0.29, 0.717) is 27.8 Å². The van der Waals surface area contributed by atoms with E-state index in [-0.39, 0.29) is 23.6 Å². The largest absolute Gasteiger partial charge is 0.462 e. The van der Waals surface area contributed by atoms with Crippen LogP contribution in [-0.2, 0) is 21.3 Å². The molecule has 0 fully saturated rings. The van der Waals surface area contributed by atoms with Crippen LogP contribution in [0.25, 0.3) is 10.9 Å². The molecule has 9 nitrogen and oxygen atoms in total. The Morgan fingerprint density at radius 1 is 1.09 bits per heavy atom. The number of carbonyl (C=O) groups is 1. The number of carbonyl (C=O) groups excluding carboxylic acids is 1. The number of para-hydroxylation sites is 1. The van der Waals surface area contributed by atoms with Crippen molar-refractivity contribution in [3.05, 3.63) is 89.9 Å². The molecule has 2 aromatic heterocycles. The van der Waals surface area contributed by atoms with Gasteiger partial charge in [0.15, 0.2) is 0 Å². The van der Waals surface area contributed by atoms with Crippen molar-refractivity contribution in [1.29, 1.82) is 5.26 Å². The number of hydrogen-bond donors (Lipinski definition) is 2. The second-order valence-corrected chi connectivity index (χ2v) is 9.18. The second-order valence-electron chi connectivity index (χ2n) is 7.42. The van der Waals surface area contributed by atoms with E-state index < -0.39 is 16.0 Å². The molecule has 4 rings (SSSR count). The summed E-state index contributed by atoms with van der Waals surface area (Å²) in [6.45, 7) is 2.01. The number of nitrogens with one attached hydrogen (secondary N) is 2. The second kappa shape index (κ2) is 10.3. The average molecular weight is 488 g/mol. The summed E-state index contributed by atoms with van der Waals surface area (Å²) in [5, 5.41) is 13.2. The van der Waals surface area contributed by atoms with E-state index in [4.69, 9.17) is 4.74 Å². The Balaban J connectivity index is 1.64. The number of pyridine rings is 2. The zero-order chi connectivity index (χ0) is 24.8. The highest BCUT2D eigenvalue weighted by molar-refractivity contribution is 7.89. The van der Waals surface area contributed by atoms with Gasteiger partial charge in [-0.25, -0.2) is 17.9 Å². The van der Waals surface area contributed by atoms with Crippen molar-refractivity contribution in [3.8, 4) is 6.07 Å². The molecule has 2 aromatic carbocycles. The summed E-state index contributed by atoms with van der Waals surface area (Å²) >= 11 is 0. The highest BCUT2D eigenvalue weighted by atomic mass is 32.2. The van der Waals surface area contributed by atoms with Crippen molar-refractivity contribution < 1.29 is 17.9 Å². The molecule has 0 aliphatic heterocycles. The summed E-state index contributed by atoms with van der Waals surface area (Å²) in [4.78, 5) is 20.9. The first-order valence-corrected chi connectivity index (χ1v) is 12.2. The standard InChI is InChI=1S/C25H21N5O4S/c1-2-34-25(31)22-16-28-23-18(13-26)6-3-7-21(23)24(22)30-19-8-10-20(11-9-19)35(32,33)29-15-17-5-4-12-27-14-17/h3-12,14,16,29H,2,15H2,1H3,(H,28,30). The average Bonchev–Trinajstić information content (AvgIpc) is 2.88. The number of anilines is 2. The number of benzene rings is 2. The van der Waals surface area contributed by atoms with E-state index in [0.717, 1.165) is 5.56 Å². The predicted molar refractivity (Wildman–Crippen MR) is 130 cm³/mol. The van der Waals surface area contributed by atoms with Crippen LogP contribution in [-0.4, -0.2) is 31.0 Å². The molecule has 0 saturated carbocycles. The summed E-state index contributed by atoms with van der Waals surface area (Å²) in [5.74, 6) is -0.564. The van der Waals surface area contributed by atoms with Crippen LogP contribution in [0.5, 0.6) is 0 Å². The molecule has 2 heterocycles. The zero-order valence-electron chi connectivity index (χ0n) is 18.7.